The van der Waals surface area contributed by atoms with Crippen molar-refractivity contribution in [3.8, 4) is 11.4 Å². The van der Waals surface area contributed by atoms with Gasteiger partial charge in [-0.3, -0.25) is 23.8 Å². The third-order valence-corrected chi connectivity index (χ3v) is 5.34. The number of imidazole rings is 1. The molecule has 0 fully saturated rings. The Morgan fingerprint density at radius 2 is 1.71 bits per heavy atom. The van der Waals surface area contributed by atoms with Crippen LogP contribution in [0, 0.1) is 6.92 Å². The van der Waals surface area contributed by atoms with Crippen LogP contribution in [0.2, 0.25) is 0 Å². The van der Waals surface area contributed by atoms with E-state index in [-0.39, 0.29) is 30.3 Å². The molecule has 0 spiro atoms. The number of anilines is 2. The zero-order valence-electron chi connectivity index (χ0n) is 19.3. The van der Waals surface area contributed by atoms with Crippen molar-refractivity contribution < 1.29 is 9.59 Å². The van der Waals surface area contributed by atoms with Crippen LogP contribution >= 0.6 is 0 Å². The topological polar surface area (TPSA) is 140 Å². The summed E-state index contributed by atoms with van der Waals surface area (Å²) in [4.78, 5) is 46.0. The minimum absolute atomic E-state index is 0.00392. The minimum atomic E-state index is -0.340. The van der Waals surface area contributed by atoms with Crippen molar-refractivity contribution >= 4 is 34.5 Å². The lowest BCUT2D eigenvalue weighted by atomic mass is 10.2. The first-order chi connectivity index (χ1) is 16.4. The van der Waals surface area contributed by atoms with Crippen LogP contribution in [0.1, 0.15) is 32.5 Å². The molecule has 0 unspecified atom stereocenters. The smallest absolute Gasteiger partial charge is 0.326 e. The fourth-order valence-electron chi connectivity index (χ4n) is 3.71. The Bertz CT molecular complexity index is 1420. The SMILES string of the molecule is CCn1c(=O)n(CC)c2nc(NC(=O)CCC(=O)Nc3cccc(-c4n[nH]c(C)n4)c3)ccc21. The van der Waals surface area contributed by atoms with Gasteiger partial charge in [0.15, 0.2) is 11.5 Å². The molecule has 2 amide bonds. The number of rotatable bonds is 8. The van der Waals surface area contributed by atoms with Gasteiger partial charge in [-0.25, -0.2) is 14.8 Å². The lowest BCUT2D eigenvalue weighted by Crippen LogP contribution is -2.23. The lowest BCUT2D eigenvalue weighted by molar-refractivity contribution is -0.121. The summed E-state index contributed by atoms with van der Waals surface area (Å²) in [7, 11) is 0. The van der Waals surface area contributed by atoms with Crippen molar-refractivity contribution in [2.75, 3.05) is 10.6 Å². The Balaban J connectivity index is 1.36. The molecule has 176 valence electrons. The molecule has 1 aromatic carbocycles. The minimum Gasteiger partial charge on any atom is -0.326 e. The third kappa shape index (κ3) is 4.72. The third-order valence-electron chi connectivity index (χ3n) is 5.34. The molecule has 4 aromatic rings. The number of hydrogen-bond donors (Lipinski definition) is 3. The highest BCUT2D eigenvalue weighted by atomic mass is 16.2. The number of aryl methyl sites for hydroxylation is 3. The fourth-order valence-corrected chi connectivity index (χ4v) is 3.71. The van der Waals surface area contributed by atoms with E-state index in [0.717, 1.165) is 5.56 Å². The van der Waals surface area contributed by atoms with Gasteiger partial charge in [-0.15, -0.1) is 0 Å². The fraction of sp³-hybridized carbons (Fsp3) is 0.304. The first-order valence-corrected chi connectivity index (χ1v) is 11.1. The Labute approximate surface area is 195 Å². The molecule has 3 heterocycles. The molecule has 0 aliphatic rings. The maximum atomic E-state index is 12.5. The van der Waals surface area contributed by atoms with Gasteiger partial charge in [0.05, 0.1) is 5.52 Å². The number of pyridine rings is 1. The number of fused-ring (bicyclic) bond motifs is 1. The van der Waals surface area contributed by atoms with E-state index in [1.54, 1.807) is 39.5 Å². The summed E-state index contributed by atoms with van der Waals surface area (Å²) in [6.45, 7) is 6.58. The molecule has 3 aromatic heterocycles. The monoisotopic (exact) mass is 462 g/mol. The lowest BCUT2D eigenvalue weighted by Gasteiger charge is -2.07. The molecule has 34 heavy (non-hydrogen) atoms. The van der Waals surface area contributed by atoms with Crippen molar-refractivity contribution in [1.82, 2.24) is 29.3 Å². The van der Waals surface area contributed by atoms with Gasteiger partial charge in [0, 0.05) is 37.2 Å². The molecule has 0 aliphatic carbocycles. The molecule has 0 aliphatic heterocycles. The number of carbonyl (C=O) groups excluding carboxylic acids is 2. The van der Waals surface area contributed by atoms with E-state index in [0.29, 0.717) is 47.4 Å². The second kappa shape index (κ2) is 9.69. The van der Waals surface area contributed by atoms with Crippen molar-refractivity contribution in [3.05, 3.63) is 52.7 Å². The molecule has 0 bridgehead atoms. The number of hydrogen-bond acceptors (Lipinski definition) is 6. The zero-order chi connectivity index (χ0) is 24.2. The van der Waals surface area contributed by atoms with E-state index in [4.69, 9.17) is 0 Å². The van der Waals surface area contributed by atoms with Crippen molar-refractivity contribution in [2.45, 2.75) is 46.7 Å². The van der Waals surface area contributed by atoms with Crippen molar-refractivity contribution in [3.63, 3.8) is 0 Å². The van der Waals surface area contributed by atoms with Crippen LogP contribution in [0.25, 0.3) is 22.6 Å². The number of H-pyrrole nitrogens is 1. The van der Waals surface area contributed by atoms with E-state index in [9.17, 15) is 14.4 Å². The highest BCUT2D eigenvalue weighted by Crippen LogP contribution is 2.20. The first-order valence-electron chi connectivity index (χ1n) is 11.1. The normalized spacial score (nSPS) is 11.0. The van der Waals surface area contributed by atoms with Gasteiger partial charge < -0.3 is 10.6 Å². The van der Waals surface area contributed by atoms with Crippen LogP contribution in [0.3, 0.4) is 0 Å². The van der Waals surface area contributed by atoms with Gasteiger partial charge >= 0.3 is 5.69 Å². The standard InChI is InChI=1S/C23H26N8O3/c1-4-30-17-9-10-18(27-22(17)31(5-2)23(30)34)26-20(33)12-11-19(32)25-16-8-6-7-15(13-16)21-24-14(3)28-29-21/h6-10,13H,4-5,11-12H2,1-3H3,(H,25,32)(H,24,28,29)(H,26,27,33). The molecular formula is C23H26N8O3. The predicted molar refractivity (Wildman–Crippen MR) is 128 cm³/mol. The average molecular weight is 463 g/mol. The molecule has 0 radical (unpaired) electrons. The van der Waals surface area contributed by atoms with Gasteiger partial charge in [-0.2, -0.15) is 5.10 Å². The molecule has 4 rings (SSSR count). The summed E-state index contributed by atoms with van der Waals surface area (Å²) in [5.41, 5.74) is 2.47. The van der Waals surface area contributed by atoms with E-state index in [2.05, 4.69) is 30.8 Å². The Hall–Kier alpha value is -4.28. The Morgan fingerprint density at radius 1 is 0.971 bits per heavy atom. The van der Waals surface area contributed by atoms with Gasteiger partial charge in [0.25, 0.3) is 0 Å². The van der Waals surface area contributed by atoms with Gasteiger partial charge in [-0.05, 0) is 45.0 Å². The van der Waals surface area contributed by atoms with Crippen molar-refractivity contribution in [2.24, 2.45) is 0 Å². The molecule has 3 N–H and O–H groups in total. The predicted octanol–water partition coefficient (Wildman–Crippen LogP) is 2.69. The van der Waals surface area contributed by atoms with Crippen LogP contribution in [0.15, 0.2) is 41.2 Å². The van der Waals surface area contributed by atoms with E-state index < -0.39 is 0 Å². The maximum absolute atomic E-state index is 12.5. The molecule has 0 atom stereocenters. The highest BCUT2D eigenvalue weighted by Gasteiger charge is 2.14. The molecular weight excluding hydrogens is 436 g/mol. The number of amides is 2. The van der Waals surface area contributed by atoms with E-state index in [1.165, 1.54) is 0 Å². The highest BCUT2D eigenvalue weighted by molar-refractivity contribution is 5.97. The average Bonchev–Trinajstić information content (AvgIpc) is 3.37. The van der Waals surface area contributed by atoms with Crippen LogP contribution in [-0.4, -0.2) is 41.1 Å². The summed E-state index contributed by atoms with van der Waals surface area (Å²) in [6.07, 6.45) is -0.00807. The van der Waals surface area contributed by atoms with Crippen LogP contribution in [-0.2, 0) is 22.7 Å². The summed E-state index contributed by atoms with van der Waals surface area (Å²) in [6, 6.07) is 10.6. The maximum Gasteiger partial charge on any atom is 0.330 e. The van der Waals surface area contributed by atoms with E-state index >= 15 is 0 Å². The van der Waals surface area contributed by atoms with Gasteiger partial charge in [0.2, 0.25) is 11.8 Å². The Morgan fingerprint density at radius 3 is 2.38 bits per heavy atom. The summed E-state index contributed by atoms with van der Waals surface area (Å²) >= 11 is 0. The van der Waals surface area contributed by atoms with Crippen LogP contribution < -0.4 is 16.3 Å². The zero-order valence-corrected chi connectivity index (χ0v) is 19.3. The Kier molecular flexibility index (Phi) is 6.53. The second-order valence-electron chi connectivity index (χ2n) is 7.73. The number of nitrogens with zero attached hydrogens (tertiary/aromatic N) is 5. The molecule has 0 saturated carbocycles. The largest absolute Gasteiger partial charge is 0.330 e. The van der Waals surface area contributed by atoms with E-state index in [1.807, 2.05) is 26.8 Å². The number of nitrogens with one attached hydrogen (secondary N) is 3. The van der Waals surface area contributed by atoms with Crippen LogP contribution in [0.4, 0.5) is 11.5 Å². The number of aromatic nitrogens is 6. The second-order valence-corrected chi connectivity index (χ2v) is 7.73. The quantitative estimate of drug-likeness (QED) is 0.368. The number of aromatic amines is 1. The summed E-state index contributed by atoms with van der Waals surface area (Å²) in [5.74, 6) is 0.946. The number of benzene rings is 1. The molecule has 11 heteroatoms. The van der Waals surface area contributed by atoms with Gasteiger partial charge in [-0.1, -0.05) is 12.1 Å². The van der Waals surface area contributed by atoms with Crippen molar-refractivity contribution in [1.29, 1.82) is 0 Å². The first kappa shape index (κ1) is 22.9. The number of carbonyl (C=O) groups is 2. The molecule has 0 saturated heterocycles. The summed E-state index contributed by atoms with van der Waals surface area (Å²) < 4.78 is 3.20. The summed E-state index contributed by atoms with van der Waals surface area (Å²) in [5, 5.41) is 12.4. The van der Waals surface area contributed by atoms with Crippen LogP contribution in [0.5, 0.6) is 0 Å². The van der Waals surface area contributed by atoms with Gasteiger partial charge in [0.1, 0.15) is 11.6 Å². The molecule has 11 nitrogen and oxygen atoms in total.